The molecule has 2 aliphatic heterocycles. The molecule has 1 fully saturated rings. The number of aryl methyl sites for hydroxylation is 1. The molecule has 0 atom stereocenters. The van der Waals surface area contributed by atoms with Gasteiger partial charge in [0.05, 0.1) is 24.6 Å². The van der Waals surface area contributed by atoms with E-state index in [0.29, 0.717) is 6.42 Å². The smallest absolute Gasteiger partial charge is 0.120 e. The molecule has 24 heavy (non-hydrogen) atoms. The second-order valence-electron chi connectivity index (χ2n) is 6.01. The van der Waals surface area contributed by atoms with Crippen molar-refractivity contribution in [1.82, 2.24) is 0 Å². The van der Waals surface area contributed by atoms with Gasteiger partial charge in [-0.15, -0.1) is 0 Å². The van der Waals surface area contributed by atoms with Gasteiger partial charge in [0.1, 0.15) is 6.29 Å². The molecule has 0 aromatic heterocycles. The minimum Gasteiger partial charge on any atom is -0.378 e. The standard InChI is InChI=1S/C19H20N2O2S/c22-9-3-4-14-12-15(21-7-10-23-11-8-21)13-18-19(14)20-16-5-1-2-6-17(16)24-18/h1-2,5-6,9,12-13,20H,3-4,7-8,10-11H2. The molecule has 124 valence electrons. The van der Waals surface area contributed by atoms with Crippen molar-refractivity contribution in [3.8, 4) is 0 Å². The van der Waals surface area contributed by atoms with Crippen LogP contribution in [-0.4, -0.2) is 32.6 Å². The van der Waals surface area contributed by atoms with Crippen LogP contribution >= 0.6 is 11.8 Å². The molecule has 0 radical (unpaired) electrons. The highest BCUT2D eigenvalue weighted by molar-refractivity contribution is 7.99. The molecule has 0 amide bonds. The van der Waals surface area contributed by atoms with Crippen molar-refractivity contribution in [2.45, 2.75) is 22.6 Å². The van der Waals surface area contributed by atoms with Gasteiger partial charge in [-0.3, -0.25) is 0 Å². The molecule has 4 rings (SSSR count). The predicted octanol–water partition coefficient (Wildman–Crippen LogP) is 3.86. The van der Waals surface area contributed by atoms with Crippen molar-refractivity contribution < 1.29 is 9.53 Å². The van der Waals surface area contributed by atoms with E-state index in [0.717, 1.165) is 50.4 Å². The van der Waals surface area contributed by atoms with Crippen molar-refractivity contribution in [2.75, 3.05) is 36.5 Å². The van der Waals surface area contributed by atoms with Crippen LogP contribution < -0.4 is 10.2 Å². The van der Waals surface area contributed by atoms with Crippen LogP contribution in [-0.2, 0) is 16.0 Å². The topological polar surface area (TPSA) is 41.6 Å². The van der Waals surface area contributed by atoms with Crippen molar-refractivity contribution >= 4 is 35.1 Å². The normalized spacial score (nSPS) is 16.1. The number of morpholine rings is 1. The Morgan fingerprint density at radius 2 is 2.00 bits per heavy atom. The van der Waals surface area contributed by atoms with Gasteiger partial charge in [-0.2, -0.15) is 0 Å². The van der Waals surface area contributed by atoms with Gasteiger partial charge in [0, 0.05) is 35.0 Å². The van der Waals surface area contributed by atoms with E-state index >= 15 is 0 Å². The summed E-state index contributed by atoms with van der Waals surface area (Å²) in [7, 11) is 0. The lowest BCUT2D eigenvalue weighted by Crippen LogP contribution is -2.36. The Balaban J connectivity index is 1.73. The summed E-state index contributed by atoms with van der Waals surface area (Å²) in [6, 6.07) is 12.9. The number of rotatable bonds is 4. The van der Waals surface area contributed by atoms with Gasteiger partial charge in [0.25, 0.3) is 0 Å². The number of benzene rings is 2. The maximum atomic E-state index is 10.9. The third-order valence-corrected chi connectivity index (χ3v) is 5.56. The lowest BCUT2D eigenvalue weighted by atomic mass is 10.0. The van der Waals surface area contributed by atoms with Gasteiger partial charge in [-0.05, 0) is 36.2 Å². The number of hydrogen-bond donors (Lipinski definition) is 1. The third-order valence-electron chi connectivity index (χ3n) is 4.44. The Kier molecular flexibility index (Phi) is 4.45. The van der Waals surface area contributed by atoms with E-state index in [-0.39, 0.29) is 0 Å². The molecule has 5 heteroatoms. The molecular formula is C19H20N2O2S. The maximum Gasteiger partial charge on any atom is 0.120 e. The minimum absolute atomic E-state index is 0.549. The number of carbonyl (C=O) groups excluding carboxylic acids is 1. The highest BCUT2D eigenvalue weighted by atomic mass is 32.2. The SMILES string of the molecule is O=CCCc1cc(N2CCOCC2)cc2c1Nc1ccccc1S2. The molecule has 0 unspecified atom stereocenters. The Hall–Kier alpha value is -1.98. The summed E-state index contributed by atoms with van der Waals surface area (Å²) in [6.45, 7) is 3.38. The van der Waals surface area contributed by atoms with E-state index in [9.17, 15) is 4.79 Å². The number of ether oxygens (including phenoxy) is 1. The van der Waals surface area contributed by atoms with Gasteiger partial charge in [0.15, 0.2) is 0 Å². The monoisotopic (exact) mass is 340 g/mol. The van der Waals surface area contributed by atoms with Gasteiger partial charge < -0.3 is 19.7 Å². The molecule has 0 bridgehead atoms. The first kappa shape index (κ1) is 15.5. The molecule has 2 aromatic carbocycles. The Morgan fingerprint density at radius 1 is 1.17 bits per heavy atom. The van der Waals surface area contributed by atoms with Crippen molar-refractivity contribution in [3.05, 3.63) is 42.0 Å². The van der Waals surface area contributed by atoms with E-state index in [1.165, 1.54) is 21.0 Å². The van der Waals surface area contributed by atoms with Crippen LogP contribution in [0.1, 0.15) is 12.0 Å². The Morgan fingerprint density at radius 3 is 2.83 bits per heavy atom. The molecule has 1 N–H and O–H groups in total. The fourth-order valence-electron chi connectivity index (χ4n) is 3.21. The van der Waals surface area contributed by atoms with Crippen LogP contribution in [0.15, 0.2) is 46.2 Å². The molecule has 1 saturated heterocycles. The number of carbonyl (C=O) groups is 1. The van der Waals surface area contributed by atoms with E-state index in [2.05, 4.69) is 40.5 Å². The molecule has 2 heterocycles. The average Bonchev–Trinajstić information content (AvgIpc) is 2.65. The fourth-order valence-corrected chi connectivity index (χ4v) is 4.28. The summed E-state index contributed by atoms with van der Waals surface area (Å²) in [4.78, 5) is 15.7. The molecule has 4 nitrogen and oxygen atoms in total. The highest BCUT2D eigenvalue weighted by Crippen LogP contribution is 2.47. The number of nitrogens with one attached hydrogen (secondary N) is 1. The van der Waals surface area contributed by atoms with Gasteiger partial charge in [-0.25, -0.2) is 0 Å². The number of hydrogen-bond acceptors (Lipinski definition) is 5. The third kappa shape index (κ3) is 3.01. The van der Waals surface area contributed by atoms with Crippen LogP contribution in [0.3, 0.4) is 0 Å². The fraction of sp³-hybridized carbons (Fsp3) is 0.316. The van der Waals surface area contributed by atoms with Crippen molar-refractivity contribution in [1.29, 1.82) is 0 Å². The molecule has 0 aliphatic carbocycles. The quantitative estimate of drug-likeness (QED) is 0.731. The predicted molar refractivity (Wildman–Crippen MR) is 97.7 cm³/mol. The second-order valence-corrected chi connectivity index (χ2v) is 7.09. The summed E-state index contributed by atoms with van der Waals surface area (Å²) < 4.78 is 5.47. The minimum atomic E-state index is 0.549. The van der Waals surface area contributed by atoms with Gasteiger partial charge in [-0.1, -0.05) is 23.9 Å². The first-order valence-corrected chi connectivity index (χ1v) is 9.14. The molecule has 0 saturated carbocycles. The average molecular weight is 340 g/mol. The van der Waals surface area contributed by atoms with Crippen LogP contribution in [0.2, 0.25) is 0 Å². The summed E-state index contributed by atoms with van der Waals surface area (Å²) in [5.74, 6) is 0. The van der Waals surface area contributed by atoms with E-state index in [1.807, 2.05) is 6.07 Å². The number of anilines is 3. The molecular weight excluding hydrogens is 320 g/mol. The molecule has 2 aromatic rings. The Labute approximate surface area is 146 Å². The highest BCUT2D eigenvalue weighted by Gasteiger charge is 2.21. The number of aldehydes is 1. The second kappa shape index (κ2) is 6.87. The number of fused-ring (bicyclic) bond motifs is 2. The lowest BCUT2D eigenvalue weighted by Gasteiger charge is -2.31. The lowest BCUT2D eigenvalue weighted by molar-refractivity contribution is -0.107. The first-order chi connectivity index (χ1) is 11.8. The molecule has 2 aliphatic rings. The van der Waals surface area contributed by atoms with Gasteiger partial charge in [0.2, 0.25) is 0 Å². The zero-order chi connectivity index (χ0) is 16.4. The molecule has 0 spiro atoms. The largest absolute Gasteiger partial charge is 0.378 e. The van der Waals surface area contributed by atoms with Crippen LogP contribution in [0.4, 0.5) is 17.1 Å². The summed E-state index contributed by atoms with van der Waals surface area (Å²) in [5, 5.41) is 3.57. The van der Waals surface area contributed by atoms with E-state index in [1.54, 1.807) is 11.8 Å². The number of nitrogens with zero attached hydrogens (tertiary/aromatic N) is 1. The number of para-hydroxylation sites is 1. The van der Waals surface area contributed by atoms with Gasteiger partial charge >= 0.3 is 0 Å². The first-order valence-electron chi connectivity index (χ1n) is 8.32. The van der Waals surface area contributed by atoms with E-state index < -0.39 is 0 Å². The van der Waals surface area contributed by atoms with Crippen molar-refractivity contribution in [3.63, 3.8) is 0 Å². The van der Waals surface area contributed by atoms with Crippen LogP contribution in [0.25, 0.3) is 0 Å². The summed E-state index contributed by atoms with van der Waals surface area (Å²) >= 11 is 1.80. The summed E-state index contributed by atoms with van der Waals surface area (Å²) in [6.07, 6.45) is 2.31. The van der Waals surface area contributed by atoms with Crippen molar-refractivity contribution in [2.24, 2.45) is 0 Å². The Bertz CT molecular complexity index is 757. The van der Waals surface area contributed by atoms with E-state index in [4.69, 9.17) is 4.74 Å². The summed E-state index contributed by atoms with van der Waals surface area (Å²) in [5.41, 5.74) is 4.73. The van der Waals surface area contributed by atoms with Crippen LogP contribution in [0, 0.1) is 0 Å². The zero-order valence-corrected chi connectivity index (χ0v) is 14.3. The maximum absolute atomic E-state index is 10.9. The zero-order valence-electron chi connectivity index (χ0n) is 13.5. The van der Waals surface area contributed by atoms with Crippen LogP contribution in [0.5, 0.6) is 0 Å².